The van der Waals surface area contributed by atoms with E-state index < -0.39 is 10.0 Å². The van der Waals surface area contributed by atoms with Crippen LogP contribution in [0, 0.1) is 5.92 Å². The molecule has 0 bridgehead atoms. The molecule has 158 valence electrons. The molecule has 2 aliphatic heterocycles. The van der Waals surface area contributed by atoms with Crippen LogP contribution in [-0.4, -0.2) is 80.1 Å². The fourth-order valence-corrected chi connectivity index (χ4v) is 6.02. The van der Waals surface area contributed by atoms with E-state index in [1.807, 2.05) is 18.9 Å². The molecular weight excluding hydrogens is 376 g/mol. The summed E-state index contributed by atoms with van der Waals surface area (Å²) < 4.78 is 28.0. The predicted octanol–water partition coefficient (Wildman–Crippen LogP) is 1.79. The van der Waals surface area contributed by atoms with Gasteiger partial charge >= 0.3 is 0 Å². The summed E-state index contributed by atoms with van der Waals surface area (Å²) >= 11 is 0. The third kappa shape index (κ3) is 5.23. The molecule has 2 saturated heterocycles. The Morgan fingerprint density at radius 1 is 1.21 bits per heavy atom. The van der Waals surface area contributed by atoms with Crippen molar-refractivity contribution in [1.29, 1.82) is 0 Å². The Hall–Kier alpha value is -1.22. The molecule has 3 rings (SSSR count). The molecule has 7 nitrogen and oxygen atoms in total. The first kappa shape index (κ1) is 21.5. The van der Waals surface area contributed by atoms with Crippen molar-refractivity contribution in [3.8, 4) is 0 Å². The maximum absolute atomic E-state index is 13.2. The van der Waals surface area contributed by atoms with Crippen LogP contribution < -0.4 is 4.90 Å². The van der Waals surface area contributed by atoms with Gasteiger partial charge in [-0.2, -0.15) is 4.31 Å². The SMILES string of the molecule is CC(O)CN1CCC(CN(C)c2ncccc2S(=O)(=O)N2CCCCC2)CC1. The molecule has 0 radical (unpaired) electrons. The minimum atomic E-state index is -3.51. The second-order valence-electron chi connectivity index (χ2n) is 8.26. The number of hydrogen-bond acceptors (Lipinski definition) is 6. The largest absolute Gasteiger partial charge is 0.392 e. The first-order valence-corrected chi connectivity index (χ1v) is 11.9. The lowest BCUT2D eigenvalue weighted by Gasteiger charge is -2.35. The van der Waals surface area contributed by atoms with Gasteiger partial charge in [-0.25, -0.2) is 13.4 Å². The van der Waals surface area contributed by atoms with E-state index in [9.17, 15) is 13.5 Å². The van der Waals surface area contributed by atoms with Crippen LogP contribution in [0.2, 0.25) is 0 Å². The van der Waals surface area contributed by atoms with Crippen LogP contribution in [-0.2, 0) is 10.0 Å². The van der Waals surface area contributed by atoms with Crippen LogP contribution in [0.15, 0.2) is 23.2 Å². The van der Waals surface area contributed by atoms with Crippen LogP contribution >= 0.6 is 0 Å². The van der Waals surface area contributed by atoms with Crippen molar-refractivity contribution in [3.63, 3.8) is 0 Å². The monoisotopic (exact) mass is 410 g/mol. The van der Waals surface area contributed by atoms with E-state index >= 15 is 0 Å². The van der Waals surface area contributed by atoms with Gasteiger partial charge in [-0.05, 0) is 63.7 Å². The topological polar surface area (TPSA) is 77.0 Å². The van der Waals surface area contributed by atoms with Crippen molar-refractivity contribution < 1.29 is 13.5 Å². The third-order valence-corrected chi connectivity index (χ3v) is 7.73. The summed E-state index contributed by atoms with van der Waals surface area (Å²) in [6.07, 6.45) is 6.43. The number of aromatic nitrogens is 1. The first-order chi connectivity index (χ1) is 13.4. The van der Waals surface area contributed by atoms with E-state index in [1.54, 1.807) is 22.6 Å². The quantitative estimate of drug-likeness (QED) is 0.738. The molecule has 0 aromatic carbocycles. The number of aliphatic hydroxyl groups excluding tert-OH is 1. The smallest absolute Gasteiger partial charge is 0.246 e. The number of hydrogen-bond donors (Lipinski definition) is 1. The number of β-amino-alcohol motifs (C(OH)–C–C–N with tert-alkyl or cyclic N) is 1. The summed E-state index contributed by atoms with van der Waals surface area (Å²) in [5.74, 6) is 1.06. The first-order valence-electron chi connectivity index (χ1n) is 10.4. The minimum Gasteiger partial charge on any atom is -0.392 e. The lowest BCUT2D eigenvalue weighted by Crippen LogP contribution is -2.41. The number of rotatable bonds is 7. The second-order valence-corrected chi connectivity index (χ2v) is 10.2. The molecule has 1 atom stereocenters. The predicted molar refractivity (Wildman–Crippen MR) is 111 cm³/mol. The molecule has 0 amide bonds. The molecule has 1 unspecified atom stereocenters. The van der Waals surface area contributed by atoms with E-state index in [-0.39, 0.29) is 6.10 Å². The van der Waals surface area contributed by atoms with Gasteiger partial charge in [0.25, 0.3) is 0 Å². The van der Waals surface area contributed by atoms with Crippen LogP contribution in [0.1, 0.15) is 39.0 Å². The van der Waals surface area contributed by atoms with Gasteiger partial charge in [0.1, 0.15) is 10.7 Å². The lowest BCUT2D eigenvalue weighted by atomic mass is 9.96. The van der Waals surface area contributed by atoms with Gasteiger partial charge in [-0.1, -0.05) is 6.42 Å². The number of pyridine rings is 1. The second kappa shape index (κ2) is 9.52. The lowest BCUT2D eigenvalue weighted by molar-refractivity contribution is 0.101. The summed E-state index contributed by atoms with van der Waals surface area (Å²) in [6.45, 7) is 6.49. The molecule has 0 aliphatic carbocycles. The average Bonchev–Trinajstić information content (AvgIpc) is 2.70. The molecule has 1 aromatic rings. The summed E-state index contributed by atoms with van der Waals surface area (Å²) in [5.41, 5.74) is 0. The zero-order valence-electron chi connectivity index (χ0n) is 17.1. The van der Waals surface area contributed by atoms with Crippen LogP contribution in [0.4, 0.5) is 5.82 Å². The Labute approximate surface area is 169 Å². The van der Waals surface area contributed by atoms with Gasteiger partial charge in [-0.15, -0.1) is 0 Å². The van der Waals surface area contributed by atoms with Crippen molar-refractivity contribution in [2.45, 2.75) is 50.0 Å². The Morgan fingerprint density at radius 2 is 1.89 bits per heavy atom. The van der Waals surface area contributed by atoms with Crippen LogP contribution in [0.25, 0.3) is 0 Å². The van der Waals surface area contributed by atoms with Crippen LogP contribution in [0.5, 0.6) is 0 Å². The van der Waals surface area contributed by atoms with E-state index in [0.29, 0.717) is 29.7 Å². The number of nitrogens with zero attached hydrogens (tertiary/aromatic N) is 4. The van der Waals surface area contributed by atoms with Gasteiger partial charge in [0.15, 0.2) is 0 Å². The van der Waals surface area contributed by atoms with E-state index in [0.717, 1.165) is 58.3 Å². The standard InChI is InChI=1S/C20H34N4O3S/c1-17(25)15-23-13-8-18(9-14-23)16-22(2)20-19(7-6-10-21-20)28(26,27)24-11-4-3-5-12-24/h6-7,10,17-18,25H,3-5,8-9,11-16H2,1-2H3. The molecule has 2 fully saturated rings. The van der Waals surface area contributed by atoms with Crippen molar-refractivity contribution >= 4 is 15.8 Å². The Bertz CT molecular complexity index is 727. The highest BCUT2D eigenvalue weighted by atomic mass is 32.2. The van der Waals surface area contributed by atoms with Crippen molar-refractivity contribution in [2.24, 2.45) is 5.92 Å². The fourth-order valence-electron chi connectivity index (χ4n) is 4.31. The van der Waals surface area contributed by atoms with E-state index in [4.69, 9.17) is 0 Å². The maximum atomic E-state index is 13.2. The average molecular weight is 411 g/mol. The highest BCUT2D eigenvalue weighted by molar-refractivity contribution is 7.89. The number of likely N-dealkylation sites (tertiary alicyclic amines) is 1. The molecule has 2 aliphatic rings. The van der Waals surface area contributed by atoms with Gasteiger partial charge < -0.3 is 14.9 Å². The minimum absolute atomic E-state index is 0.296. The number of sulfonamides is 1. The number of anilines is 1. The zero-order valence-corrected chi connectivity index (χ0v) is 17.9. The molecule has 3 heterocycles. The summed E-state index contributed by atoms with van der Waals surface area (Å²) in [5, 5.41) is 9.56. The highest BCUT2D eigenvalue weighted by Gasteiger charge is 2.30. The highest BCUT2D eigenvalue weighted by Crippen LogP contribution is 2.28. The zero-order chi connectivity index (χ0) is 20.1. The van der Waals surface area contributed by atoms with Crippen molar-refractivity contribution in [2.75, 3.05) is 51.2 Å². The molecule has 1 aromatic heterocycles. The molecule has 1 N–H and O–H groups in total. The van der Waals surface area contributed by atoms with Crippen LogP contribution in [0.3, 0.4) is 0 Å². The molecular formula is C20H34N4O3S. The Kier molecular flexibility index (Phi) is 7.31. The van der Waals surface area contributed by atoms with Gasteiger partial charge in [0, 0.05) is 39.4 Å². The van der Waals surface area contributed by atoms with Crippen molar-refractivity contribution in [1.82, 2.24) is 14.2 Å². The molecule has 0 saturated carbocycles. The fraction of sp³-hybridized carbons (Fsp3) is 0.750. The Morgan fingerprint density at radius 3 is 2.54 bits per heavy atom. The van der Waals surface area contributed by atoms with E-state index in [1.165, 1.54) is 0 Å². The van der Waals surface area contributed by atoms with Crippen molar-refractivity contribution in [3.05, 3.63) is 18.3 Å². The third-order valence-electron chi connectivity index (χ3n) is 5.81. The summed E-state index contributed by atoms with van der Waals surface area (Å²) in [6, 6.07) is 3.40. The van der Waals surface area contributed by atoms with Gasteiger partial charge in [0.2, 0.25) is 10.0 Å². The summed E-state index contributed by atoms with van der Waals surface area (Å²) in [7, 11) is -1.56. The maximum Gasteiger partial charge on any atom is 0.246 e. The number of piperidine rings is 2. The van der Waals surface area contributed by atoms with E-state index in [2.05, 4.69) is 9.88 Å². The summed E-state index contributed by atoms with van der Waals surface area (Å²) in [4.78, 5) is 9.07. The van der Waals surface area contributed by atoms with Gasteiger partial charge in [-0.3, -0.25) is 0 Å². The molecule has 8 heteroatoms. The number of aliphatic hydroxyl groups is 1. The van der Waals surface area contributed by atoms with Gasteiger partial charge in [0.05, 0.1) is 6.10 Å². The Balaban J connectivity index is 1.67. The molecule has 0 spiro atoms. The molecule has 28 heavy (non-hydrogen) atoms. The normalized spacial score (nSPS) is 21.5.